The Hall–Kier alpha value is -3.37. The van der Waals surface area contributed by atoms with Crippen molar-refractivity contribution in [2.45, 2.75) is 18.8 Å². The van der Waals surface area contributed by atoms with Gasteiger partial charge in [-0.1, -0.05) is 23.8 Å². The monoisotopic (exact) mass is 555 g/mol. The Bertz CT molecular complexity index is 1290. The molecule has 0 saturated carbocycles. The highest BCUT2D eigenvalue weighted by Crippen LogP contribution is 2.55. The maximum Gasteiger partial charge on any atom is 0.423 e. The van der Waals surface area contributed by atoms with Crippen LogP contribution in [0.25, 0.3) is 0 Å². The fourth-order valence-corrected chi connectivity index (χ4v) is 6.22. The molecule has 10 heteroatoms. The van der Waals surface area contributed by atoms with Crippen molar-refractivity contribution in [2.75, 3.05) is 20.3 Å². The number of aliphatic hydroxyl groups is 1. The van der Waals surface area contributed by atoms with Crippen LogP contribution < -0.4 is 4.74 Å². The van der Waals surface area contributed by atoms with Gasteiger partial charge in [0.15, 0.2) is 11.6 Å². The van der Waals surface area contributed by atoms with Gasteiger partial charge in [-0.3, -0.25) is 19.2 Å². The number of hydrogen-bond donors (Lipinski definition) is 1. The summed E-state index contributed by atoms with van der Waals surface area (Å²) in [5, 5.41) is 9.00. The number of hydrogen-bond acceptors (Lipinski definition) is 8. The van der Waals surface area contributed by atoms with E-state index in [4.69, 9.17) is 9.84 Å². The molecule has 1 aromatic rings. The van der Waals surface area contributed by atoms with E-state index in [1.807, 2.05) is 6.08 Å². The fourth-order valence-electron chi connectivity index (χ4n) is 5.78. The molecule has 1 N–H and O–H groups in total. The van der Waals surface area contributed by atoms with Crippen LogP contribution in [0.4, 0.5) is 4.79 Å². The van der Waals surface area contributed by atoms with Gasteiger partial charge in [0.05, 0.1) is 30.0 Å². The maximum atomic E-state index is 13.3. The molecule has 4 unspecified atom stereocenters. The molecule has 186 valence electrons. The lowest BCUT2D eigenvalue weighted by Crippen LogP contribution is -2.40. The van der Waals surface area contributed by atoms with Gasteiger partial charge in [-0.15, -0.1) is 0 Å². The van der Waals surface area contributed by atoms with Crippen LogP contribution in [0.5, 0.6) is 5.75 Å². The van der Waals surface area contributed by atoms with Gasteiger partial charge in [-0.05, 0) is 52.4 Å². The smallest absolute Gasteiger partial charge is 0.423 e. The van der Waals surface area contributed by atoms with Crippen LogP contribution in [0.15, 0.2) is 57.6 Å². The summed E-state index contributed by atoms with van der Waals surface area (Å²) in [6, 6.07) is 6.99. The van der Waals surface area contributed by atoms with Crippen molar-refractivity contribution < 1.29 is 38.6 Å². The number of carbonyl (C=O) groups is 5. The van der Waals surface area contributed by atoms with Crippen molar-refractivity contribution >= 4 is 45.4 Å². The number of allylic oxidation sites excluding steroid dienone is 6. The van der Waals surface area contributed by atoms with Gasteiger partial charge >= 0.3 is 6.09 Å². The number of halogens is 1. The van der Waals surface area contributed by atoms with E-state index >= 15 is 0 Å². The van der Waals surface area contributed by atoms with Crippen LogP contribution in [0.3, 0.4) is 0 Å². The number of Topliss-reactive ketones (excluding diaryl/α,β-unsaturated/α-hetero) is 1. The Kier molecular flexibility index (Phi) is 6.25. The Balaban J connectivity index is 1.61. The minimum Gasteiger partial charge on any atom is -0.491 e. The average molecular weight is 556 g/mol. The highest BCUT2D eigenvalue weighted by atomic mass is 79.9. The second-order valence-corrected chi connectivity index (χ2v) is 9.87. The molecule has 0 radical (unpaired) electrons. The summed E-state index contributed by atoms with van der Waals surface area (Å²) in [5.74, 6) is -4.08. The molecular formula is C26H22BrNO8. The molecule has 9 nitrogen and oxygen atoms in total. The van der Waals surface area contributed by atoms with Gasteiger partial charge in [0.25, 0.3) is 0 Å². The predicted molar refractivity (Wildman–Crippen MR) is 128 cm³/mol. The highest BCUT2D eigenvalue weighted by molar-refractivity contribution is 9.12. The Morgan fingerprint density at radius 3 is 2.50 bits per heavy atom. The van der Waals surface area contributed by atoms with Crippen molar-refractivity contribution in [3.63, 3.8) is 0 Å². The zero-order chi connectivity index (χ0) is 25.7. The first-order valence-corrected chi connectivity index (χ1v) is 12.3. The summed E-state index contributed by atoms with van der Waals surface area (Å²) in [4.78, 5) is 65.4. The minimum absolute atomic E-state index is 0.109. The molecule has 0 spiro atoms. The SMILES string of the molecule is COC(=O)N1C(=O)C2CC=C3C(c4ccc(OCCO)cc4)C4=C(CC3C2C1=O)C(=O)C(Br)=CC4=O. The summed E-state index contributed by atoms with van der Waals surface area (Å²) in [6.45, 7) is -0.00206. The van der Waals surface area contributed by atoms with Crippen molar-refractivity contribution in [1.29, 1.82) is 0 Å². The van der Waals surface area contributed by atoms with Gasteiger partial charge in [0, 0.05) is 23.1 Å². The van der Waals surface area contributed by atoms with Crippen LogP contribution in [0.1, 0.15) is 24.3 Å². The number of amides is 3. The van der Waals surface area contributed by atoms with Crippen LogP contribution in [-0.2, 0) is 23.9 Å². The van der Waals surface area contributed by atoms with E-state index in [-0.39, 0.29) is 42.1 Å². The van der Waals surface area contributed by atoms with Crippen LogP contribution in [0.2, 0.25) is 0 Å². The summed E-state index contributed by atoms with van der Waals surface area (Å²) in [5.41, 5.74) is 2.16. The van der Waals surface area contributed by atoms with Crippen molar-refractivity contribution in [3.05, 3.63) is 63.2 Å². The number of ketones is 2. The third kappa shape index (κ3) is 3.67. The molecule has 36 heavy (non-hydrogen) atoms. The molecule has 4 aliphatic rings. The molecule has 1 saturated heterocycles. The lowest BCUT2D eigenvalue weighted by atomic mass is 9.59. The van der Waals surface area contributed by atoms with E-state index in [0.29, 0.717) is 21.8 Å². The molecule has 5 rings (SSSR count). The molecule has 0 bridgehead atoms. The molecule has 1 heterocycles. The fraction of sp³-hybridized carbons (Fsp3) is 0.346. The molecule has 1 fully saturated rings. The Labute approximate surface area is 214 Å². The third-order valence-corrected chi connectivity index (χ3v) is 7.85. The zero-order valence-corrected chi connectivity index (χ0v) is 20.8. The van der Waals surface area contributed by atoms with E-state index in [0.717, 1.165) is 18.2 Å². The quantitative estimate of drug-likeness (QED) is 0.341. The molecule has 3 aliphatic carbocycles. The van der Waals surface area contributed by atoms with Gasteiger partial charge in [0.1, 0.15) is 12.4 Å². The largest absolute Gasteiger partial charge is 0.491 e. The summed E-state index contributed by atoms with van der Waals surface area (Å²) < 4.78 is 10.2. The normalized spacial score (nSPS) is 27.2. The number of benzene rings is 1. The number of imide groups is 3. The number of nitrogens with zero attached hydrogens (tertiary/aromatic N) is 1. The molecule has 3 amide bonds. The third-order valence-electron chi connectivity index (χ3n) is 7.26. The number of likely N-dealkylation sites (tertiary alicyclic amines) is 1. The standard InChI is InChI=1S/C26H22BrNO8/c1-35-26(34)28-24(32)15-7-6-14-16(21(15)25(28)33)10-17-22(19(30)11-18(27)23(17)31)20(14)12-2-4-13(5-3-12)36-9-8-29/h2-6,11,15-16,20-21,29H,7-10H2,1H3. The number of ether oxygens (including phenoxy) is 2. The summed E-state index contributed by atoms with van der Waals surface area (Å²) in [7, 11) is 1.10. The number of rotatable bonds is 4. The predicted octanol–water partition coefficient (Wildman–Crippen LogP) is 2.59. The van der Waals surface area contributed by atoms with Crippen LogP contribution in [-0.4, -0.2) is 59.8 Å². The van der Waals surface area contributed by atoms with Crippen molar-refractivity contribution in [3.8, 4) is 5.75 Å². The second-order valence-electron chi connectivity index (χ2n) is 9.02. The first kappa shape index (κ1) is 24.3. The number of fused-ring (bicyclic) bond motifs is 3. The van der Waals surface area contributed by atoms with Crippen molar-refractivity contribution in [2.24, 2.45) is 17.8 Å². The first-order valence-electron chi connectivity index (χ1n) is 11.5. The molecule has 0 aromatic heterocycles. The highest BCUT2D eigenvalue weighted by Gasteiger charge is 2.58. The Morgan fingerprint density at radius 2 is 1.83 bits per heavy atom. The van der Waals surface area contributed by atoms with E-state index in [2.05, 4.69) is 20.7 Å². The van der Waals surface area contributed by atoms with Gasteiger partial charge in [-0.25, -0.2) is 4.79 Å². The molecular weight excluding hydrogens is 534 g/mol. The van der Waals surface area contributed by atoms with E-state index in [1.54, 1.807) is 24.3 Å². The lowest BCUT2D eigenvalue weighted by molar-refractivity contribution is -0.137. The average Bonchev–Trinajstić information content (AvgIpc) is 3.14. The summed E-state index contributed by atoms with van der Waals surface area (Å²) >= 11 is 3.18. The van der Waals surface area contributed by atoms with E-state index in [1.165, 1.54) is 6.08 Å². The van der Waals surface area contributed by atoms with Crippen molar-refractivity contribution in [1.82, 2.24) is 4.90 Å². The van der Waals surface area contributed by atoms with Gasteiger partial charge in [-0.2, -0.15) is 4.90 Å². The maximum absolute atomic E-state index is 13.3. The molecule has 1 aliphatic heterocycles. The first-order chi connectivity index (χ1) is 17.3. The topological polar surface area (TPSA) is 127 Å². The number of carbonyl (C=O) groups excluding carboxylic acids is 5. The van der Waals surface area contributed by atoms with Crippen LogP contribution >= 0.6 is 15.9 Å². The van der Waals surface area contributed by atoms with Gasteiger partial charge < -0.3 is 14.6 Å². The lowest BCUT2D eigenvalue weighted by Gasteiger charge is -2.42. The molecule has 4 atom stereocenters. The minimum atomic E-state index is -1.03. The molecule has 1 aromatic carbocycles. The summed E-state index contributed by atoms with van der Waals surface area (Å²) in [6.07, 6.45) is 2.45. The van der Waals surface area contributed by atoms with E-state index < -0.39 is 41.6 Å². The Morgan fingerprint density at radius 1 is 1.11 bits per heavy atom. The van der Waals surface area contributed by atoms with E-state index in [9.17, 15) is 24.0 Å². The number of methoxy groups -OCH3 is 1. The second kappa shape index (κ2) is 9.25. The number of aliphatic hydroxyl groups excluding tert-OH is 1. The zero-order valence-electron chi connectivity index (χ0n) is 19.2. The van der Waals surface area contributed by atoms with Gasteiger partial charge in [0.2, 0.25) is 11.8 Å². The van der Waals surface area contributed by atoms with Crippen LogP contribution in [0, 0.1) is 17.8 Å².